The fraction of sp³-hybridized carbons (Fsp3) is 0.667. The van der Waals surface area contributed by atoms with Crippen LogP contribution in [-0.4, -0.2) is 94.2 Å². The number of halogens is 1. The molecule has 1 unspecified atom stereocenters. The number of nitrogens with zero attached hydrogens (tertiary/aromatic N) is 4. The van der Waals surface area contributed by atoms with E-state index in [0.717, 1.165) is 58.3 Å². The van der Waals surface area contributed by atoms with E-state index in [9.17, 15) is 8.42 Å². The first-order valence-corrected chi connectivity index (χ1v) is 11.3. The Balaban J connectivity index is 0.00000300. The number of sulfonamides is 1. The molecule has 11 heteroatoms. The molecule has 0 aliphatic carbocycles. The van der Waals surface area contributed by atoms with E-state index in [1.54, 1.807) is 12.3 Å². The second-order valence-electron chi connectivity index (χ2n) is 6.86. The Bertz CT molecular complexity index is 743. The van der Waals surface area contributed by atoms with E-state index in [2.05, 4.69) is 29.8 Å². The van der Waals surface area contributed by atoms with Gasteiger partial charge in [-0.2, -0.15) is 0 Å². The standard InChI is InChI=1S/C18H30N6O3S.HI/c1-2-20-18(24-9-5-16(15-24)23-10-12-27-13-11-23)21-7-8-22-28(25,26)17-4-3-6-19-14-17;/h3-4,6,14,16,22H,2,5,7-13,15H2,1H3,(H,20,21);1H. The molecule has 29 heavy (non-hydrogen) atoms. The van der Waals surface area contributed by atoms with Crippen LogP contribution >= 0.6 is 24.0 Å². The summed E-state index contributed by atoms with van der Waals surface area (Å²) < 4.78 is 32.5. The van der Waals surface area contributed by atoms with Gasteiger partial charge in [-0.25, -0.2) is 13.1 Å². The van der Waals surface area contributed by atoms with Crippen LogP contribution in [0.5, 0.6) is 0 Å². The van der Waals surface area contributed by atoms with Gasteiger partial charge in [0, 0.05) is 57.7 Å². The zero-order valence-corrected chi connectivity index (χ0v) is 19.9. The zero-order chi connectivity index (χ0) is 19.8. The van der Waals surface area contributed by atoms with Gasteiger partial charge in [0.2, 0.25) is 10.0 Å². The molecule has 2 N–H and O–H groups in total. The molecule has 9 nitrogen and oxygen atoms in total. The number of rotatable bonds is 7. The molecule has 0 spiro atoms. The van der Waals surface area contributed by atoms with Crippen LogP contribution in [-0.2, 0) is 14.8 Å². The highest BCUT2D eigenvalue weighted by atomic mass is 127. The number of hydrogen-bond donors (Lipinski definition) is 2. The predicted octanol–water partition coefficient (Wildman–Crippen LogP) is 0.350. The van der Waals surface area contributed by atoms with Gasteiger partial charge in [-0.1, -0.05) is 0 Å². The topological polar surface area (TPSA) is 99.2 Å². The first kappa shape index (κ1) is 24.3. The highest BCUT2D eigenvalue weighted by Gasteiger charge is 2.30. The van der Waals surface area contributed by atoms with Crippen LogP contribution in [0.2, 0.25) is 0 Å². The number of aromatic nitrogens is 1. The molecule has 2 aliphatic rings. The fourth-order valence-corrected chi connectivity index (χ4v) is 4.52. The molecule has 1 aromatic rings. The summed E-state index contributed by atoms with van der Waals surface area (Å²) >= 11 is 0. The average molecular weight is 538 g/mol. The van der Waals surface area contributed by atoms with Crippen LogP contribution < -0.4 is 10.0 Å². The van der Waals surface area contributed by atoms with Gasteiger partial charge in [0.25, 0.3) is 0 Å². The first-order chi connectivity index (χ1) is 13.6. The van der Waals surface area contributed by atoms with Crippen LogP contribution in [0.3, 0.4) is 0 Å². The smallest absolute Gasteiger partial charge is 0.242 e. The normalized spacial score (nSPS) is 21.1. The quantitative estimate of drug-likeness (QED) is 0.224. The molecule has 3 rings (SSSR count). The van der Waals surface area contributed by atoms with Gasteiger partial charge >= 0.3 is 0 Å². The third-order valence-corrected chi connectivity index (χ3v) is 6.42. The lowest BCUT2D eigenvalue weighted by molar-refractivity contribution is 0.0195. The summed E-state index contributed by atoms with van der Waals surface area (Å²) in [5, 5.41) is 3.32. The first-order valence-electron chi connectivity index (χ1n) is 9.85. The number of likely N-dealkylation sites (tertiary alicyclic amines) is 1. The Morgan fingerprint density at radius 1 is 1.34 bits per heavy atom. The van der Waals surface area contributed by atoms with Crippen molar-refractivity contribution in [2.75, 3.05) is 59.0 Å². The van der Waals surface area contributed by atoms with Crippen molar-refractivity contribution in [3.63, 3.8) is 0 Å². The second kappa shape index (κ2) is 12.0. The third-order valence-electron chi connectivity index (χ3n) is 4.97. The number of pyridine rings is 1. The molecule has 164 valence electrons. The van der Waals surface area contributed by atoms with E-state index in [0.29, 0.717) is 12.6 Å². The highest BCUT2D eigenvalue weighted by molar-refractivity contribution is 14.0. The van der Waals surface area contributed by atoms with Gasteiger partial charge in [0.05, 0.1) is 19.8 Å². The van der Waals surface area contributed by atoms with Gasteiger partial charge in [-0.3, -0.25) is 14.9 Å². The number of guanidine groups is 1. The Morgan fingerprint density at radius 3 is 2.83 bits per heavy atom. The summed E-state index contributed by atoms with van der Waals surface area (Å²) in [6.45, 7) is 8.92. The Kier molecular flexibility index (Phi) is 10.0. The van der Waals surface area contributed by atoms with Crippen LogP contribution in [0.4, 0.5) is 0 Å². The van der Waals surface area contributed by atoms with Gasteiger partial charge in [-0.05, 0) is 25.5 Å². The highest BCUT2D eigenvalue weighted by Crippen LogP contribution is 2.17. The third kappa shape index (κ3) is 7.02. The number of aliphatic imine (C=N–C) groups is 1. The van der Waals surface area contributed by atoms with Crippen molar-refractivity contribution >= 4 is 40.0 Å². The van der Waals surface area contributed by atoms with Crippen molar-refractivity contribution in [3.05, 3.63) is 24.5 Å². The average Bonchev–Trinajstić information content (AvgIpc) is 3.22. The summed E-state index contributed by atoms with van der Waals surface area (Å²) in [6, 6.07) is 3.66. The maximum atomic E-state index is 12.2. The lowest BCUT2D eigenvalue weighted by Crippen LogP contribution is -2.46. The molecule has 0 aromatic carbocycles. The molecular formula is C18H31IN6O3S. The summed E-state index contributed by atoms with van der Waals surface area (Å²) in [5.74, 6) is 0.846. The largest absolute Gasteiger partial charge is 0.379 e. The van der Waals surface area contributed by atoms with Crippen LogP contribution in [0, 0.1) is 0 Å². The maximum Gasteiger partial charge on any atom is 0.242 e. The Labute approximate surface area is 190 Å². The fourth-order valence-electron chi connectivity index (χ4n) is 3.53. The molecule has 2 fully saturated rings. The van der Waals surface area contributed by atoms with Crippen molar-refractivity contribution in [2.45, 2.75) is 24.3 Å². The van der Waals surface area contributed by atoms with Gasteiger partial charge in [0.15, 0.2) is 5.96 Å². The minimum absolute atomic E-state index is 0. The van der Waals surface area contributed by atoms with Gasteiger partial charge in [-0.15, -0.1) is 24.0 Å². The monoisotopic (exact) mass is 538 g/mol. The van der Waals surface area contributed by atoms with Crippen molar-refractivity contribution in [1.29, 1.82) is 0 Å². The summed E-state index contributed by atoms with van der Waals surface area (Å²) in [6.07, 6.45) is 4.00. The zero-order valence-electron chi connectivity index (χ0n) is 16.8. The Hall–Kier alpha value is -1.02. The second-order valence-corrected chi connectivity index (χ2v) is 8.63. The molecule has 1 aromatic heterocycles. The van der Waals surface area contributed by atoms with Crippen LogP contribution in [0.25, 0.3) is 0 Å². The molecule has 0 saturated carbocycles. The molecular weight excluding hydrogens is 507 g/mol. The van der Waals surface area contributed by atoms with E-state index in [1.165, 1.54) is 12.3 Å². The van der Waals surface area contributed by atoms with Crippen LogP contribution in [0.15, 0.2) is 34.4 Å². The molecule has 0 bridgehead atoms. The van der Waals surface area contributed by atoms with E-state index in [-0.39, 0.29) is 35.4 Å². The van der Waals surface area contributed by atoms with E-state index < -0.39 is 10.0 Å². The SMILES string of the molecule is CCNC(=NCCNS(=O)(=O)c1cccnc1)N1CCC(N2CCOCC2)C1.I. The molecule has 0 radical (unpaired) electrons. The number of nitrogens with one attached hydrogen (secondary N) is 2. The van der Waals surface area contributed by atoms with Crippen LogP contribution in [0.1, 0.15) is 13.3 Å². The van der Waals surface area contributed by atoms with E-state index in [4.69, 9.17) is 4.74 Å². The molecule has 0 amide bonds. The van der Waals surface area contributed by atoms with Crippen molar-refractivity contribution in [2.24, 2.45) is 4.99 Å². The lowest BCUT2D eigenvalue weighted by Gasteiger charge is -2.32. The summed E-state index contributed by atoms with van der Waals surface area (Å²) in [5.41, 5.74) is 0. The number of morpholine rings is 1. The van der Waals surface area contributed by atoms with Gasteiger partial charge in [0.1, 0.15) is 4.90 Å². The molecule has 2 saturated heterocycles. The maximum absolute atomic E-state index is 12.2. The predicted molar refractivity (Wildman–Crippen MR) is 123 cm³/mol. The minimum Gasteiger partial charge on any atom is -0.379 e. The summed E-state index contributed by atoms with van der Waals surface area (Å²) in [7, 11) is -3.55. The number of ether oxygens (including phenoxy) is 1. The summed E-state index contributed by atoms with van der Waals surface area (Å²) in [4.78, 5) is 13.4. The molecule has 2 aliphatic heterocycles. The van der Waals surface area contributed by atoms with E-state index >= 15 is 0 Å². The van der Waals surface area contributed by atoms with E-state index in [1.807, 2.05) is 6.92 Å². The molecule has 1 atom stereocenters. The Morgan fingerprint density at radius 2 is 2.14 bits per heavy atom. The lowest BCUT2D eigenvalue weighted by atomic mass is 10.2. The minimum atomic E-state index is -3.55. The van der Waals surface area contributed by atoms with Gasteiger partial charge < -0.3 is 15.0 Å². The number of hydrogen-bond acceptors (Lipinski definition) is 6. The van der Waals surface area contributed by atoms with Crippen molar-refractivity contribution < 1.29 is 13.2 Å². The molecule has 3 heterocycles. The van der Waals surface area contributed by atoms with Crippen molar-refractivity contribution in [1.82, 2.24) is 24.8 Å². The van der Waals surface area contributed by atoms with Crippen molar-refractivity contribution in [3.8, 4) is 0 Å².